The number of rotatable bonds is 3. The number of guanidine groups is 1. The van der Waals surface area contributed by atoms with Crippen LogP contribution in [0.2, 0.25) is 5.02 Å². The second kappa shape index (κ2) is 7.78. The minimum absolute atomic E-state index is 0.730. The summed E-state index contributed by atoms with van der Waals surface area (Å²) in [5.41, 5.74) is 3.64. The molecule has 3 rings (SSSR count). The Morgan fingerprint density at radius 3 is 2.68 bits per heavy atom. The van der Waals surface area contributed by atoms with Gasteiger partial charge in [-0.2, -0.15) is 5.10 Å². The van der Waals surface area contributed by atoms with Crippen LogP contribution < -0.4 is 10.2 Å². The molecule has 0 bridgehead atoms. The van der Waals surface area contributed by atoms with Gasteiger partial charge in [0, 0.05) is 69.3 Å². The molecule has 0 amide bonds. The average Bonchev–Trinajstić information content (AvgIpc) is 3.03. The molecule has 1 aromatic heterocycles. The molecule has 0 radical (unpaired) electrons. The number of nitrogens with zero attached hydrogens (tertiary/aromatic N) is 5. The third-order valence-corrected chi connectivity index (χ3v) is 4.75. The number of aryl methyl sites for hydroxylation is 2. The van der Waals surface area contributed by atoms with E-state index in [1.807, 2.05) is 37.2 Å². The fourth-order valence-electron chi connectivity index (χ4n) is 3.16. The first-order valence-corrected chi connectivity index (χ1v) is 8.89. The number of nitrogens with one attached hydrogen (secondary N) is 1. The lowest BCUT2D eigenvalue weighted by atomic mass is 10.1. The summed E-state index contributed by atoms with van der Waals surface area (Å²) in [7, 11) is 3.76. The van der Waals surface area contributed by atoms with Crippen LogP contribution >= 0.6 is 11.6 Å². The number of hydrogen-bond donors (Lipinski definition) is 1. The molecular formula is C18H25ClN6. The smallest absolute Gasteiger partial charge is 0.194 e. The summed E-state index contributed by atoms with van der Waals surface area (Å²) >= 11 is 6.17. The number of benzene rings is 1. The van der Waals surface area contributed by atoms with Gasteiger partial charge in [-0.05, 0) is 24.6 Å². The number of halogens is 1. The highest BCUT2D eigenvalue weighted by atomic mass is 35.5. The van der Waals surface area contributed by atoms with Gasteiger partial charge in [0.1, 0.15) is 0 Å². The first-order chi connectivity index (χ1) is 12.1. The van der Waals surface area contributed by atoms with Gasteiger partial charge in [0.15, 0.2) is 5.96 Å². The molecule has 1 N–H and O–H groups in total. The van der Waals surface area contributed by atoms with Gasteiger partial charge in [-0.3, -0.25) is 9.67 Å². The molecule has 134 valence electrons. The van der Waals surface area contributed by atoms with Crippen LogP contribution in [0.15, 0.2) is 35.6 Å². The predicted octanol–water partition coefficient (Wildman–Crippen LogP) is 2.28. The summed E-state index contributed by atoms with van der Waals surface area (Å²) in [4.78, 5) is 9.12. The molecule has 7 heteroatoms. The summed E-state index contributed by atoms with van der Waals surface area (Å²) in [5, 5.41) is 8.41. The van der Waals surface area contributed by atoms with E-state index in [2.05, 4.69) is 44.3 Å². The van der Waals surface area contributed by atoms with Crippen molar-refractivity contribution in [3.63, 3.8) is 0 Å². The van der Waals surface area contributed by atoms with Crippen molar-refractivity contribution in [2.24, 2.45) is 12.0 Å². The van der Waals surface area contributed by atoms with Gasteiger partial charge in [0.2, 0.25) is 0 Å². The van der Waals surface area contributed by atoms with E-state index in [0.717, 1.165) is 49.3 Å². The van der Waals surface area contributed by atoms with Gasteiger partial charge < -0.3 is 15.1 Å². The molecule has 1 saturated heterocycles. The fourth-order valence-corrected chi connectivity index (χ4v) is 3.33. The van der Waals surface area contributed by atoms with E-state index in [4.69, 9.17) is 11.6 Å². The van der Waals surface area contributed by atoms with Crippen molar-refractivity contribution in [2.75, 3.05) is 38.1 Å². The Hall–Kier alpha value is -2.21. The Morgan fingerprint density at radius 2 is 2.04 bits per heavy atom. The van der Waals surface area contributed by atoms with Crippen molar-refractivity contribution in [1.82, 2.24) is 20.0 Å². The van der Waals surface area contributed by atoms with Gasteiger partial charge in [0.05, 0.1) is 6.20 Å². The lowest BCUT2D eigenvalue weighted by Crippen LogP contribution is -2.52. The zero-order valence-corrected chi connectivity index (χ0v) is 15.8. The van der Waals surface area contributed by atoms with Crippen LogP contribution in [0.5, 0.6) is 0 Å². The summed E-state index contributed by atoms with van der Waals surface area (Å²) < 4.78 is 1.81. The zero-order chi connectivity index (χ0) is 17.8. The molecule has 1 aliphatic heterocycles. The van der Waals surface area contributed by atoms with Crippen LogP contribution in [-0.2, 0) is 13.6 Å². The number of piperazine rings is 1. The van der Waals surface area contributed by atoms with E-state index in [9.17, 15) is 0 Å². The molecule has 0 saturated carbocycles. The second-order valence-corrected chi connectivity index (χ2v) is 6.76. The molecule has 2 aromatic rings. The highest BCUT2D eigenvalue weighted by Gasteiger charge is 2.21. The monoisotopic (exact) mass is 360 g/mol. The molecule has 0 spiro atoms. The van der Waals surface area contributed by atoms with Gasteiger partial charge in [-0.25, -0.2) is 0 Å². The van der Waals surface area contributed by atoms with Crippen molar-refractivity contribution in [3.8, 4) is 0 Å². The SMILES string of the molecule is CN=C(NCc1cnn(C)c1)N1CCN(c2cc(Cl)ccc2C)CC1. The topological polar surface area (TPSA) is 48.7 Å². The standard InChI is InChI=1S/C18H25ClN6/c1-14-4-5-16(19)10-17(14)24-6-8-25(9-7-24)18(20-2)21-11-15-12-22-23(3)13-15/h4-5,10,12-13H,6-9,11H2,1-3H3,(H,20,21). The zero-order valence-electron chi connectivity index (χ0n) is 15.0. The summed E-state index contributed by atoms with van der Waals surface area (Å²) in [5.74, 6) is 0.936. The average molecular weight is 361 g/mol. The normalized spacial score (nSPS) is 15.6. The first kappa shape index (κ1) is 17.6. The summed E-state index contributed by atoms with van der Waals surface area (Å²) in [6.45, 7) is 6.63. The Kier molecular flexibility index (Phi) is 5.48. The van der Waals surface area contributed by atoms with E-state index in [1.54, 1.807) is 0 Å². The van der Waals surface area contributed by atoms with Crippen molar-refractivity contribution in [2.45, 2.75) is 13.5 Å². The summed E-state index contributed by atoms with van der Waals surface area (Å²) in [6, 6.07) is 6.08. The van der Waals surface area contributed by atoms with Crippen LogP contribution in [0.1, 0.15) is 11.1 Å². The van der Waals surface area contributed by atoms with E-state index in [-0.39, 0.29) is 0 Å². The van der Waals surface area contributed by atoms with Crippen molar-refractivity contribution in [1.29, 1.82) is 0 Å². The Morgan fingerprint density at radius 1 is 1.28 bits per heavy atom. The number of anilines is 1. The second-order valence-electron chi connectivity index (χ2n) is 6.33. The first-order valence-electron chi connectivity index (χ1n) is 8.51. The maximum atomic E-state index is 6.17. The fraction of sp³-hybridized carbons (Fsp3) is 0.444. The predicted molar refractivity (Wildman–Crippen MR) is 103 cm³/mol. The number of aromatic nitrogens is 2. The lowest BCUT2D eigenvalue weighted by molar-refractivity contribution is 0.372. The largest absolute Gasteiger partial charge is 0.368 e. The number of aliphatic imine (C=N–C) groups is 1. The van der Waals surface area contributed by atoms with E-state index in [1.165, 1.54) is 11.3 Å². The van der Waals surface area contributed by atoms with E-state index >= 15 is 0 Å². The molecule has 0 unspecified atom stereocenters. The van der Waals surface area contributed by atoms with E-state index < -0.39 is 0 Å². The maximum Gasteiger partial charge on any atom is 0.194 e. The van der Waals surface area contributed by atoms with E-state index in [0.29, 0.717) is 0 Å². The van der Waals surface area contributed by atoms with Gasteiger partial charge >= 0.3 is 0 Å². The van der Waals surface area contributed by atoms with Crippen LogP contribution in [-0.4, -0.2) is 53.9 Å². The minimum Gasteiger partial charge on any atom is -0.368 e. The van der Waals surface area contributed by atoms with Gasteiger partial charge in [-0.15, -0.1) is 0 Å². The van der Waals surface area contributed by atoms with Crippen LogP contribution in [0.4, 0.5) is 5.69 Å². The van der Waals surface area contributed by atoms with Crippen LogP contribution in [0, 0.1) is 6.92 Å². The lowest BCUT2D eigenvalue weighted by Gasteiger charge is -2.38. The Bertz CT molecular complexity index is 746. The van der Waals surface area contributed by atoms with Crippen LogP contribution in [0.25, 0.3) is 0 Å². The maximum absolute atomic E-state index is 6.17. The molecule has 0 aliphatic carbocycles. The third-order valence-electron chi connectivity index (χ3n) is 4.51. The van der Waals surface area contributed by atoms with Crippen LogP contribution in [0.3, 0.4) is 0 Å². The molecule has 1 fully saturated rings. The molecular weight excluding hydrogens is 336 g/mol. The third kappa shape index (κ3) is 4.25. The quantitative estimate of drug-likeness (QED) is 0.674. The molecule has 6 nitrogen and oxygen atoms in total. The molecule has 1 aromatic carbocycles. The highest BCUT2D eigenvalue weighted by molar-refractivity contribution is 6.30. The Balaban J connectivity index is 1.57. The number of hydrogen-bond acceptors (Lipinski definition) is 3. The molecule has 25 heavy (non-hydrogen) atoms. The molecule has 0 atom stereocenters. The minimum atomic E-state index is 0.730. The molecule has 1 aliphatic rings. The highest BCUT2D eigenvalue weighted by Crippen LogP contribution is 2.25. The van der Waals surface area contributed by atoms with Gasteiger partial charge in [0.25, 0.3) is 0 Å². The van der Waals surface area contributed by atoms with Crippen molar-refractivity contribution < 1.29 is 0 Å². The van der Waals surface area contributed by atoms with Gasteiger partial charge in [-0.1, -0.05) is 17.7 Å². The molecule has 2 heterocycles. The summed E-state index contributed by atoms with van der Waals surface area (Å²) in [6.07, 6.45) is 3.89. The van der Waals surface area contributed by atoms with Crippen molar-refractivity contribution in [3.05, 3.63) is 46.7 Å². The van der Waals surface area contributed by atoms with Crippen molar-refractivity contribution >= 4 is 23.2 Å². The Labute approximate surface area is 154 Å².